The molecule has 0 unspecified atom stereocenters. The van der Waals surface area contributed by atoms with Crippen LogP contribution in [0.5, 0.6) is 5.75 Å². The fourth-order valence-corrected chi connectivity index (χ4v) is 4.53. The van der Waals surface area contributed by atoms with E-state index in [4.69, 9.17) is 16.3 Å². The number of carboxylic acid groups (broad SMARTS) is 1. The van der Waals surface area contributed by atoms with Crippen LogP contribution in [0.3, 0.4) is 0 Å². The first-order valence-electron chi connectivity index (χ1n) is 10.5. The van der Waals surface area contributed by atoms with Crippen molar-refractivity contribution >= 4 is 52.2 Å². The molecule has 1 aliphatic rings. The number of carbonyl (C=O) groups is 2. The van der Waals surface area contributed by atoms with Crippen LogP contribution in [0.2, 0.25) is 5.02 Å². The van der Waals surface area contributed by atoms with E-state index in [1.807, 2.05) is 61.5 Å². The number of benzene rings is 3. The van der Waals surface area contributed by atoms with Gasteiger partial charge in [-0.25, -0.2) is 9.79 Å². The van der Waals surface area contributed by atoms with Gasteiger partial charge in [0.25, 0.3) is 5.91 Å². The molecule has 1 amide bonds. The Kier molecular flexibility index (Phi) is 7.35. The Labute approximate surface area is 206 Å². The second-order valence-electron chi connectivity index (χ2n) is 7.36. The molecule has 1 heterocycles. The lowest BCUT2D eigenvalue weighted by Crippen LogP contribution is -2.28. The molecule has 0 spiro atoms. The first-order valence-corrected chi connectivity index (χ1v) is 11.7. The Morgan fingerprint density at radius 3 is 2.59 bits per heavy atom. The third kappa shape index (κ3) is 5.50. The number of hydrogen-bond donors (Lipinski definition) is 1. The quantitative estimate of drug-likeness (QED) is 0.395. The minimum absolute atomic E-state index is 0.139. The van der Waals surface area contributed by atoms with Crippen LogP contribution in [0.25, 0.3) is 6.08 Å². The van der Waals surface area contributed by atoms with Crippen molar-refractivity contribution in [3.05, 3.63) is 99.4 Å². The third-order valence-corrected chi connectivity index (χ3v) is 6.43. The lowest BCUT2D eigenvalue weighted by atomic mass is 10.2. The second-order valence-corrected chi connectivity index (χ2v) is 8.78. The molecule has 0 atom stereocenters. The first kappa shape index (κ1) is 23.6. The standard InChI is InChI=1S/C26H21ClN2O4S/c1-2-29-24(30)23(34-26(29)28-20-8-5-7-18(15-20)25(31)32)14-17-10-12-21(13-11-17)33-16-19-6-3-4-9-22(19)27/h3-15H,2,16H2,1H3,(H,31,32)/b23-14-,28-26?. The number of hydrogen-bond acceptors (Lipinski definition) is 5. The molecule has 1 saturated heterocycles. The van der Waals surface area contributed by atoms with Gasteiger partial charge in [-0.05, 0) is 66.7 Å². The van der Waals surface area contributed by atoms with Gasteiger partial charge in [0.1, 0.15) is 12.4 Å². The van der Waals surface area contributed by atoms with Gasteiger partial charge in [-0.2, -0.15) is 0 Å². The summed E-state index contributed by atoms with van der Waals surface area (Å²) in [6.45, 7) is 2.69. The SMILES string of the molecule is CCN1C(=O)/C(=C/c2ccc(OCc3ccccc3Cl)cc2)SC1=Nc1cccc(C(=O)O)c1. The zero-order valence-electron chi connectivity index (χ0n) is 18.3. The molecular weight excluding hydrogens is 472 g/mol. The molecule has 4 rings (SSSR count). The maximum atomic E-state index is 12.9. The molecule has 1 fully saturated rings. The van der Waals surface area contributed by atoms with Crippen molar-refractivity contribution in [3.8, 4) is 5.75 Å². The molecule has 3 aromatic carbocycles. The molecule has 0 radical (unpaired) electrons. The van der Waals surface area contributed by atoms with E-state index in [-0.39, 0.29) is 11.5 Å². The minimum Gasteiger partial charge on any atom is -0.489 e. The number of aromatic carboxylic acids is 1. The number of halogens is 1. The molecule has 6 nitrogen and oxygen atoms in total. The molecule has 0 saturated carbocycles. The van der Waals surface area contributed by atoms with Gasteiger partial charge in [-0.15, -0.1) is 0 Å². The van der Waals surface area contributed by atoms with Crippen LogP contribution < -0.4 is 4.74 Å². The van der Waals surface area contributed by atoms with E-state index in [0.717, 1.165) is 11.1 Å². The maximum Gasteiger partial charge on any atom is 0.335 e. The number of rotatable bonds is 7. The highest BCUT2D eigenvalue weighted by Crippen LogP contribution is 2.34. The zero-order valence-corrected chi connectivity index (χ0v) is 19.8. The highest BCUT2D eigenvalue weighted by atomic mass is 35.5. The van der Waals surface area contributed by atoms with Crippen LogP contribution in [-0.4, -0.2) is 33.6 Å². The summed E-state index contributed by atoms with van der Waals surface area (Å²) in [5.41, 5.74) is 2.39. The van der Waals surface area contributed by atoms with Crippen molar-refractivity contribution in [2.75, 3.05) is 6.54 Å². The Hall–Kier alpha value is -3.55. The normalized spacial score (nSPS) is 15.8. The molecule has 3 aromatic rings. The van der Waals surface area contributed by atoms with Gasteiger partial charge in [-0.3, -0.25) is 9.69 Å². The van der Waals surface area contributed by atoms with E-state index in [0.29, 0.717) is 39.7 Å². The van der Waals surface area contributed by atoms with Gasteiger partial charge in [0.2, 0.25) is 0 Å². The van der Waals surface area contributed by atoms with Gasteiger partial charge in [0, 0.05) is 17.1 Å². The van der Waals surface area contributed by atoms with E-state index in [1.165, 1.54) is 23.9 Å². The smallest absolute Gasteiger partial charge is 0.335 e. The van der Waals surface area contributed by atoms with Crippen molar-refractivity contribution in [1.29, 1.82) is 0 Å². The average Bonchev–Trinajstić information content (AvgIpc) is 3.13. The van der Waals surface area contributed by atoms with Gasteiger partial charge >= 0.3 is 5.97 Å². The summed E-state index contributed by atoms with van der Waals surface area (Å²) < 4.78 is 5.82. The Bertz CT molecular complexity index is 1290. The zero-order chi connectivity index (χ0) is 24.1. The van der Waals surface area contributed by atoms with Crippen LogP contribution in [0, 0.1) is 0 Å². The van der Waals surface area contributed by atoms with Gasteiger partial charge < -0.3 is 9.84 Å². The summed E-state index contributed by atoms with van der Waals surface area (Å²) in [6.07, 6.45) is 1.81. The van der Waals surface area contributed by atoms with Gasteiger partial charge in [0.05, 0.1) is 16.2 Å². The van der Waals surface area contributed by atoms with Crippen molar-refractivity contribution < 1.29 is 19.4 Å². The van der Waals surface area contributed by atoms with Crippen LogP contribution >= 0.6 is 23.4 Å². The predicted molar refractivity (Wildman–Crippen MR) is 136 cm³/mol. The van der Waals surface area contributed by atoms with E-state index in [9.17, 15) is 14.7 Å². The molecule has 0 bridgehead atoms. The Morgan fingerprint density at radius 2 is 1.88 bits per heavy atom. The highest BCUT2D eigenvalue weighted by Gasteiger charge is 2.32. The summed E-state index contributed by atoms with van der Waals surface area (Å²) in [5, 5.41) is 10.4. The lowest BCUT2D eigenvalue weighted by molar-refractivity contribution is -0.122. The molecule has 0 aliphatic carbocycles. The van der Waals surface area contributed by atoms with Crippen molar-refractivity contribution in [3.63, 3.8) is 0 Å². The summed E-state index contributed by atoms with van der Waals surface area (Å²) in [5.74, 6) is -0.465. The molecular formula is C26H21ClN2O4S. The molecule has 8 heteroatoms. The van der Waals surface area contributed by atoms with Crippen molar-refractivity contribution in [2.45, 2.75) is 13.5 Å². The summed E-state index contributed by atoms with van der Waals surface area (Å²) in [6, 6.07) is 21.3. The number of thioether (sulfide) groups is 1. The summed E-state index contributed by atoms with van der Waals surface area (Å²) in [4.78, 5) is 30.8. The summed E-state index contributed by atoms with van der Waals surface area (Å²) >= 11 is 7.43. The Balaban J connectivity index is 1.49. The lowest BCUT2D eigenvalue weighted by Gasteiger charge is -2.12. The molecule has 0 aromatic heterocycles. The topological polar surface area (TPSA) is 79.2 Å². The van der Waals surface area contributed by atoms with Crippen molar-refractivity contribution in [2.24, 2.45) is 4.99 Å². The molecule has 172 valence electrons. The number of amidine groups is 1. The number of carboxylic acids is 1. The minimum atomic E-state index is -1.02. The van der Waals surface area contributed by atoms with Crippen LogP contribution in [-0.2, 0) is 11.4 Å². The molecule has 1 aliphatic heterocycles. The predicted octanol–water partition coefficient (Wildman–Crippen LogP) is 6.24. The fourth-order valence-electron chi connectivity index (χ4n) is 3.28. The maximum absolute atomic E-state index is 12.9. The first-order chi connectivity index (χ1) is 16.4. The van der Waals surface area contributed by atoms with E-state index < -0.39 is 5.97 Å². The number of amides is 1. The Morgan fingerprint density at radius 1 is 1.12 bits per heavy atom. The van der Waals surface area contributed by atoms with Crippen molar-refractivity contribution in [1.82, 2.24) is 4.90 Å². The van der Waals surface area contributed by atoms with E-state index in [2.05, 4.69) is 4.99 Å². The van der Waals surface area contributed by atoms with Gasteiger partial charge in [-0.1, -0.05) is 48.0 Å². The van der Waals surface area contributed by atoms with E-state index >= 15 is 0 Å². The molecule has 34 heavy (non-hydrogen) atoms. The number of aliphatic imine (C=N–C) groups is 1. The monoisotopic (exact) mass is 492 g/mol. The van der Waals surface area contributed by atoms with E-state index in [1.54, 1.807) is 17.0 Å². The van der Waals surface area contributed by atoms with Crippen LogP contribution in [0.15, 0.2) is 82.7 Å². The van der Waals surface area contributed by atoms with Crippen LogP contribution in [0.4, 0.5) is 5.69 Å². The highest BCUT2D eigenvalue weighted by molar-refractivity contribution is 8.18. The number of carbonyl (C=O) groups excluding carboxylic acids is 1. The van der Waals surface area contributed by atoms with Crippen LogP contribution in [0.1, 0.15) is 28.4 Å². The summed E-state index contributed by atoms with van der Waals surface area (Å²) in [7, 11) is 0. The number of ether oxygens (including phenoxy) is 1. The number of likely N-dealkylation sites (N-methyl/N-ethyl adjacent to an activating group) is 1. The fraction of sp³-hybridized carbons (Fsp3) is 0.115. The second kappa shape index (κ2) is 10.6. The van der Waals surface area contributed by atoms with Gasteiger partial charge in [0.15, 0.2) is 5.17 Å². The third-order valence-electron chi connectivity index (χ3n) is 5.05. The molecule has 1 N–H and O–H groups in total. The average molecular weight is 493 g/mol. The number of nitrogens with zero attached hydrogens (tertiary/aromatic N) is 2. The largest absolute Gasteiger partial charge is 0.489 e.